The first-order valence-corrected chi connectivity index (χ1v) is 8.62. The van der Waals surface area contributed by atoms with Crippen molar-refractivity contribution in [3.8, 4) is 17.0 Å². The Labute approximate surface area is 152 Å². The zero-order valence-corrected chi connectivity index (χ0v) is 14.7. The van der Waals surface area contributed by atoms with E-state index in [0.29, 0.717) is 17.3 Å². The molecule has 0 bridgehead atoms. The standard InChI is InChI=1S/C12H9N3O.C8H13NO/c16-11-4-2-1-3-9(11)10-7-8-5-6-13-12(8)15-14-10;1-3-8(10)9-6-4-5-7(9)2/h1-7,16H,(H,13,15);3,7H,1,4-6H2,2H3. The van der Waals surface area contributed by atoms with E-state index in [2.05, 4.69) is 28.7 Å². The van der Waals surface area contributed by atoms with E-state index >= 15 is 0 Å². The van der Waals surface area contributed by atoms with Crippen molar-refractivity contribution in [3.05, 3.63) is 55.3 Å². The van der Waals surface area contributed by atoms with Gasteiger partial charge in [-0.05, 0) is 50.1 Å². The summed E-state index contributed by atoms with van der Waals surface area (Å²) in [6.07, 6.45) is 5.48. The molecule has 1 aliphatic rings. The normalized spacial score (nSPS) is 16.2. The number of carbonyl (C=O) groups is 1. The molecule has 4 rings (SSSR count). The fraction of sp³-hybridized carbons (Fsp3) is 0.250. The predicted octanol–water partition coefficient (Wildman–Crippen LogP) is 3.51. The van der Waals surface area contributed by atoms with Gasteiger partial charge in [0.2, 0.25) is 5.91 Å². The second kappa shape index (κ2) is 7.82. The van der Waals surface area contributed by atoms with Gasteiger partial charge in [0, 0.05) is 29.7 Å². The molecule has 1 saturated heterocycles. The number of H-pyrrole nitrogens is 1. The predicted molar refractivity (Wildman–Crippen MR) is 102 cm³/mol. The molecule has 1 fully saturated rings. The van der Waals surface area contributed by atoms with Crippen LogP contribution in [0.25, 0.3) is 22.3 Å². The zero-order valence-electron chi connectivity index (χ0n) is 14.7. The first kappa shape index (κ1) is 17.7. The maximum Gasteiger partial charge on any atom is 0.246 e. The number of rotatable bonds is 2. The summed E-state index contributed by atoms with van der Waals surface area (Å²) in [6.45, 7) is 6.43. The molecular weight excluding hydrogens is 328 g/mol. The maximum atomic E-state index is 11.0. The monoisotopic (exact) mass is 350 g/mol. The zero-order chi connectivity index (χ0) is 18.5. The van der Waals surface area contributed by atoms with Gasteiger partial charge in [-0.15, -0.1) is 10.2 Å². The second-order valence-electron chi connectivity index (χ2n) is 6.26. The van der Waals surface area contributed by atoms with Gasteiger partial charge in [-0.1, -0.05) is 18.7 Å². The molecular formula is C20H22N4O2. The van der Waals surface area contributed by atoms with Crippen LogP contribution in [0, 0.1) is 0 Å². The summed E-state index contributed by atoms with van der Waals surface area (Å²) in [6, 6.07) is 11.3. The Hall–Kier alpha value is -3.15. The second-order valence-corrected chi connectivity index (χ2v) is 6.26. The van der Waals surface area contributed by atoms with E-state index in [-0.39, 0.29) is 11.7 Å². The highest BCUT2D eigenvalue weighted by molar-refractivity contribution is 5.87. The van der Waals surface area contributed by atoms with Gasteiger partial charge in [0.25, 0.3) is 0 Å². The first-order chi connectivity index (χ1) is 12.6. The molecule has 2 aromatic heterocycles. The molecule has 1 aliphatic heterocycles. The summed E-state index contributed by atoms with van der Waals surface area (Å²) in [4.78, 5) is 15.9. The van der Waals surface area contributed by atoms with Gasteiger partial charge in [-0.25, -0.2) is 0 Å². The van der Waals surface area contributed by atoms with Gasteiger partial charge in [0.15, 0.2) is 5.65 Å². The number of phenolic OH excluding ortho intramolecular Hbond substituents is 1. The van der Waals surface area contributed by atoms with Crippen LogP contribution in [0.3, 0.4) is 0 Å². The Morgan fingerprint density at radius 2 is 2.15 bits per heavy atom. The van der Waals surface area contributed by atoms with Crippen LogP contribution >= 0.6 is 0 Å². The van der Waals surface area contributed by atoms with E-state index in [1.807, 2.05) is 35.4 Å². The van der Waals surface area contributed by atoms with Crippen molar-refractivity contribution in [1.29, 1.82) is 0 Å². The fourth-order valence-corrected chi connectivity index (χ4v) is 3.06. The van der Waals surface area contributed by atoms with Crippen LogP contribution in [-0.4, -0.2) is 43.7 Å². The number of phenols is 1. The average molecular weight is 350 g/mol. The van der Waals surface area contributed by atoms with Gasteiger partial charge in [0.05, 0.1) is 5.69 Å². The van der Waals surface area contributed by atoms with Crippen LogP contribution in [0.2, 0.25) is 0 Å². The van der Waals surface area contributed by atoms with Gasteiger partial charge in [0.1, 0.15) is 5.75 Å². The number of amides is 1. The Balaban J connectivity index is 0.000000170. The summed E-state index contributed by atoms with van der Waals surface area (Å²) in [5.74, 6) is 0.289. The lowest BCUT2D eigenvalue weighted by Gasteiger charge is -2.18. The number of fused-ring (bicyclic) bond motifs is 1. The van der Waals surface area contributed by atoms with Crippen LogP contribution in [0.4, 0.5) is 0 Å². The number of benzene rings is 1. The minimum absolute atomic E-state index is 0.0741. The number of aromatic nitrogens is 3. The molecule has 6 heteroatoms. The third-order valence-electron chi connectivity index (χ3n) is 4.50. The largest absolute Gasteiger partial charge is 0.507 e. The highest BCUT2D eigenvalue weighted by Gasteiger charge is 2.22. The number of nitrogens with one attached hydrogen (secondary N) is 1. The Morgan fingerprint density at radius 1 is 1.35 bits per heavy atom. The van der Waals surface area contributed by atoms with E-state index in [9.17, 15) is 9.90 Å². The number of nitrogens with zero attached hydrogens (tertiary/aromatic N) is 3. The lowest BCUT2D eigenvalue weighted by molar-refractivity contribution is -0.126. The van der Waals surface area contributed by atoms with Crippen molar-refractivity contribution in [1.82, 2.24) is 20.1 Å². The number of hydrogen-bond acceptors (Lipinski definition) is 4. The number of para-hydroxylation sites is 1. The minimum atomic E-state index is 0.0741. The first-order valence-electron chi connectivity index (χ1n) is 8.62. The van der Waals surface area contributed by atoms with Crippen LogP contribution in [0.15, 0.2) is 55.3 Å². The molecule has 1 amide bonds. The topological polar surface area (TPSA) is 82.1 Å². The average Bonchev–Trinajstić information content (AvgIpc) is 3.30. The molecule has 1 unspecified atom stereocenters. The Bertz CT molecular complexity index is 919. The molecule has 1 atom stereocenters. The van der Waals surface area contributed by atoms with Crippen molar-refractivity contribution in [2.45, 2.75) is 25.8 Å². The van der Waals surface area contributed by atoms with Gasteiger partial charge < -0.3 is 15.0 Å². The van der Waals surface area contributed by atoms with E-state index in [0.717, 1.165) is 30.4 Å². The molecule has 0 spiro atoms. The van der Waals surface area contributed by atoms with Crippen molar-refractivity contribution in [2.75, 3.05) is 6.54 Å². The summed E-state index contributed by atoms with van der Waals surface area (Å²) in [7, 11) is 0. The number of hydrogen-bond donors (Lipinski definition) is 2. The summed E-state index contributed by atoms with van der Waals surface area (Å²) >= 11 is 0. The molecule has 1 aromatic carbocycles. The maximum absolute atomic E-state index is 11.0. The van der Waals surface area contributed by atoms with Gasteiger partial charge in [-0.3, -0.25) is 4.79 Å². The summed E-state index contributed by atoms with van der Waals surface area (Å²) < 4.78 is 0. The lowest BCUT2D eigenvalue weighted by Crippen LogP contribution is -2.31. The molecule has 3 aromatic rings. The quantitative estimate of drug-likeness (QED) is 0.693. The number of aromatic hydroxyl groups is 1. The number of carbonyl (C=O) groups excluding carboxylic acids is 1. The minimum Gasteiger partial charge on any atom is -0.507 e. The summed E-state index contributed by atoms with van der Waals surface area (Å²) in [5.41, 5.74) is 2.11. The highest BCUT2D eigenvalue weighted by atomic mass is 16.3. The van der Waals surface area contributed by atoms with Crippen molar-refractivity contribution < 1.29 is 9.90 Å². The SMILES string of the molecule is C=CC(=O)N1CCCC1C.Oc1ccccc1-c1cc2cc[nH]c2nn1. The van der Waals surface area contributed by atoms with Crippen molar-refractivity contribution >= 4 is 16.9 Å². The van der Waals surface area contributed by atoms with Crippen LogP contribution < -0.4 is 0 Å². The Morgan fingerprint density at radius 3 is 2.85 bits per heavy atom. The molecule has 6 nitrogen and oxygen atoms in total. The Kier molecular flexibility index (Phi) is 5.31. The molecule has 0 aliphatic carbocycles. The third kappa shape index (κ3) is 3.74. The van der Waals surface area contributed by atoms with Crippen LogP contribution in [-0.2, 0) is 4.79 Å². The molecule has 2 N–H and O–H groups in total. The smallest absolute Gasteiger partial charge is 0.246 e. The van der Waals surface area contributed by atoms with Crippen molar-refractivity contribution in [2.24, 2.45) is 0 Å². The number of aromatic amines is 1. The van der Waals surface area contributed by atoms with Gasteiger partial charge >= 0.3 is 0 Å². The van der Waals surface area contributed by atoms with E-state index < -0.39 is 0 Å². The van der Waals surface area contributed by atoms with E-state index in [1.54, 1.807) is 12.1 Å². The molecule has 3 heterocycles. The molecule has 134 valence electrons. The van der Waals surface area contributed by atoms with Gasteiger partial charge in [-0.2, -0.15) is 0 Å². The highest BCUT2D eigenvalue weighted by Crippen LogP contribution is 2.27. The summed E-state index contributed by atoms with van der Waals surface area (Å²) in [5, 5.41) is 18.8. The lowest BCUT2D eigenvalue weighted by atomic mass is 10.1. The molecule has 0 radical (unpaired) electrons. The number of likely N-dealkylation sites (tertiary alicyclic amines) is 1. The fourth-order valence-electron chi connectivity index (χ4n) is 3.06. The van der Waals surface area contributed by atoms with E-state index in [1.165, 1.54) is 6.08 Å². The van der Waals surface area contributed by atoms with Crippen molar-refractivity contribution in [3.63, 3.8) is 0 Å². The third-order valence-corrected chi connectivity index (χ3v) is 4.50. The van der Waals surface area contributed by atoms with Crippen LogP contribution in [0.5, 0.6) is 5.75 Å². The van der Waals surface area contributed by atoms with E-state index in [4.69, 9.17) is 0 Å². The van der Waals surface area contributed by atoms with Crippen LogP contribution in [0.1, 0.15) is 19.8 Å². The molecule has 0 saturated carbocycles. The molecule has 26 heavy (non-hydrogen) atoms.